The number of aromatic nitrogens is 2. The van der Waals surface area contributed by atoms with E-state index in [0.717, 1.165) is 29.3 Å². The fourth-order valence-electron chi connectivity index (χ4n) is 3.88. The second-order valence-electron chi connectivity index (χ2n) is 8.52. The summed E-state index contributed by atoms with van der Waals surface area (Å²) in [6, 6.07) is 19.3. The van der Waals surface area contributed by atoms with Crippen LogP contribution in [0.3, 0.4) is 0 Å². The predicted octanol–water partition coefficient (Wildman–Crippen LogP) is 6.38. The molecule has 0 saturated heterocycles. The molecule has 2 aromatic heterocycles. The van der Waals surface area contributed by atoms with E-state index < -0.39 is 16.7 Å². The molecule has 0 saturated carbocycles. The van der Waals surface area contributed by atoms with Gasteiger partial charge in [-0.2, -0.15) is 4.98 Å². The van der Waals surface area contributed by atoms with Crippen LogP contribution in [0.5, 0.6) is 0 Å². The Morgan fingerprint density at radius 3 is 2.64 bits per heavy atom. The minimum atomic E-state index is -2.23. The highest BCUT2D eigenvalue weighted by atomic mass is 32.2. The molecule has 4 aromatic rings. The Balaban J connectivity index is 1.48. The number of hydrogen-bond acceptors (Lipinski definition) is 9. The van der Waals surface area contributed by atoms with Crippen molar-refractivity contribution < 1.29 is 13.7 Å². The summed E-state index contributed by atoms with van der Waals surface area (Å²) in [6.45, 7) is 8.51. The van der Waals surface area contributed by atoms with Crippen LogP contribution in [0.1, 0.15) is 19.4 Å². The molecule has 9 nitrogen and oxygen atoms in total. The third-order valence-electron chi connectivity index (χ3n) is 5.78. The van der Waals surface area contributed by atoms with E-state index in [1.165, 1.54) is 11.3 Å². The van der Waals surface area contributed by atoms with E-state index in [2.05, 4.69) is 63.0 Å². The van der Waals surface area contributed by atoms with Gasteiger partial charge in [-0.05, 0) is 74.2 Å². The molecule has 11 heteroatoms. The van der Waals surface area contributed by atoms with Crippen molar-refractivity contribution in [3.8, 4) is 10.4 Å². The number of anilines is 4. The molecule has 2 N–H and O–H groups in total. The monoisotopic (exact) mass is 564 g/mol. The van der Waals surface area contributed by atoms with Crippen LogP contribution in [0.2, 0.25) is 0 Å². The summed E-state index contributed by atoms with van der Waals surface area (Å²) in [7, 11) is -2.23. The van der Waals surface area contributed by atoms with Crippen LogP contribution in [0.4, 0.5) is 27.9 Å². The van der Waals surface area contributed by atoms with Gasteiger partial charge in [-0.3, -0.25) is 0 Å². The van der Waals surface area contributed by atoms with Crippen molar-refractivity contribution in [2.75, 3.05) is 41.8 Å². The lowest BCUT2D eigenvalue weighted by atomic mass is 10.2. The molecule has 0 radical (unpaired) electrons. The van der Waals surface area contributed by atoms with Crippen molar-refractivity contribution in [1.82, 2.24) is 9.97 Å². The number of carbonyl (C=O) groups excluding carboxylic acids is 1. The molecule has 0 aliphatic carbocycles. The summed E-state index contributed by atoms with van der Waals surface area (Å²) in [6.07, 6.45) is 0.978. The molecule has 1 amide bonds. The van der Waals surface area contributed by atoms with Gasteiger partial charge >= 0.3 is 6.09 Å². The third kappa shape index (κ3) is 7.78. The highest BCUT2D eigenvalue weighted by Gasteiger charge is 2.12. The smallest absolute Gasteiger partial charge is 0.441 e. The Morgan fingerprint density at radius 2 is 1.95 bits per heavy atom. The lowest BCUT2D eigenvalue weighted by Gasteiger charge is -2.24. The number of thiophene rings is 1. The average molecular weight is 565 g/mol. The van der Waals surface area contributed by atoms with Crippen molar-refractivity contribution >= 4 is 51.2 Å². The summed E-state index contributed by atoms with van der Waals surface area (Å²) in [5.41, 5.74) is 4.08. The Hall–Kier alpha value is -3.96. The first-order chi connectivity index (χ1) is 19.0. The van der Waals surface area contributed by atoms with Crippen molar-refractivity contribution in [3.05, 3.63) is 77.8 Å². The van der Waals surface area contributed by atoms with Crippen molar-refractivity contribution in [2.45, 2.75) is 25.7 Å². The second kappa shape index (κ2) is 13.7. The lowest BCUT2D eigenvalue weighted by molar-refractivity contribution is 0.164. The number of thiol groups is 1. The average Bonchev–Trinajstić information content (AvgIpc) is 3.47. The Morgan fingerprint density at radius 1 is 1.13 bits per heavy atom. The number of nitrogens with one attached hydrogen (secondary N) is 2. The maximum Gasteiger partial charge on any atom is 0.441 e. The molecule has 2 aromatic carbocycles. The summed E-state index contributed by atoms with van der Waals surface area (Å²) in [5, 5.41) is 8.74. The highest BCUT2D eigenvalue weighted by molar-refractivity contribution is 7.75. The Labute approximate surface area is 234 Å². The molecule has 1 atom stereocenters. The molecule has 0 aliphatic rings. The molecular formula is C28H32N6O3S2. The molecule has 4 rings (SSSR count). The summed E-state index contributed by atoms with van der Waals surface area (Å²) in [5.74, 6) is 1.17. The maximum absolute atomic E-state index is 12.3. The Bertz CT molecular complexity index is 1470. The minimum Gasteiger partial charge on any atom is -0.448 e. The first-order valence-corrected chi connectivity index (χ1v) is 14.7. The fraction of sp³-hybridized carbons (Fsp3) is 0.250. The van der Waals surface area contributed by atoms with E-state index in [0.29, 0.717) is 23.1 Å². The first-order valence-electron chi connectivity index (χ1n) is 12.7. The number of likely N-dealkylation sites (N-methyl/N-ethyl adjacent to an activating group) is 1. The SMILES string of the molecule is CCOC(=O)/N=[SH](=O)/c1ccc(Nc2ncc(-c3cccs3)c(NCCN(CC)c3cccc(C)c3)n2)cc1. The standard InChI is InChI=1S/C28H32N6O3S2/c1-4-34(22-9-6-8-20(3)18-22)16-15-29-26-24(25-10-7-17-38-25)19-30-27(32-26)31-21-11-13-23(14-12-21)39(36)33-28(35)37-5-2/h6-14,17-19,39H,4-5,15-16H2,1-3H3,(H2,29,30,31,32). The molecule has 39 heavy (non-hydrogen) atoms. The van der Waals surface area contributed by atoms with Crippen molar-refractivity contribution in [1.29, 1.82) is 0 Å². The van der Waals surface area contributed by atoms with E-state index in [9.17, 15) is 9.00 Å². The predicted molar refractivity (Wildman–Crippen MR) is 160 cm³/mol. The number of nitrogens with zero attached hydrogens (tertiary/aromatic N) is 4. The van der Waals surface area contributed by atoms with Gasteiger partial charge in [0, 0.05) is 47.0 Å². The molecular weight excluding hydrogens is 532 g/mol. The molecule has 0 fully saturated rings. The van der Waals surface area contributed by atoms with Crippen molar-refractivity contribution in [2.24, 2.45) is 4.36 Å². The van der Waals surface area contributed by atoms with Crippen LogP contribution < -0.4 is 15.5 Å². The number of rotatable bonds is 11. The quantitative estimate of drug-likeness (QED) is 0.180. The van der Waals surface area contributed by atoms with Gasteiger partial charge in [-0.25, -0.2) is 14.0 Å². The van der Waals surface area contributed by atoms with E-state index in [1.54, 1.807) is 42.5 Å². The number of carbonyl (C=O) groups is 1. The van der Waals surface area contributed by atoms with Gasteiger partial charge in [0.25, 0.3) is 0 Å². The van der Waals surface area contributed by atoms with E-state index in [-0.39, 0.29) is 6.61 Å². The molecule has 1 unspecified atom stereocenters. The van der Waals surface area contributed by atoms with E-state index >= 15 is 0 Å². The largest absolute Gasteiger partial charge is 0.448 e. The number of amides is 1. The van der Waals surface area contributed by atoms with E-state index in [1.807, 2.05) is 23.7 Å². The second-order valence-corrected chi connectivity index (χ2v) is 10.7. The van der Waals surface area contributed by atoms with Gasteiger partial charge in [0.1, 0.15) is 5.82 Å². The van der Waals surface area contributed by atoms with Crippen molar-refractivity contribution in [3.63, 3.8) is 0 Å². The molecule has 0 spiro atoms. The van der Waals surface area contributed by atoms with Crippen LogP contribution in [-0.2, 0) is 15.3 Å². The van der Waals surface area contributed by atoms with Crippen LogP contribution in [-0.4, -0.2) is 46.5 Å². The van der Waals surface area contributed by atoms with Gasteiger partial charge in [0.15, 0.2) is 0 Å². The zero-order valence-electron chi connectivity index (χ0n) is 22.1. The van der Waals surface area contributed by atoms with Gasteiger partial charge in [-0.15, -0.1) is 15.7 Å². The topological polar surface area (TPSA) is 109 Å². The van der Waals surface area contributed by atoms with Gasteiger partial charge in [0.05, 0.1) is 22.8 Å². The number of benzene rings is 2. The van der Waals surface area contributed by atoms with Gasteiger partial charge in [-0.1, -0.05) is 18.2 Å². The summed E-state index contributed by atoms with van der Waals surface area (Å²) >= 11 is 1.63. The Kier molecular flexibility index (Phi) is 9.87. The molecule has 0 aliphatic heterocycles. The summed E-state index contributed by atoms with van der Waals surface area (Å²) < 4.78 is 20.6. The first kappa shape index (κ1) is 28.1. The number of ether oxygens (including phenoxy) is 1. The van der Waals surface area contributed by atoms with E-state index in [4.69, 9.17) is 9.72 Å². The number of hydrogen-bond donors (Lipinski definition) is 3. The third-order valence-corrected chi connectivity index (χ3v) is 7.77. The van der Waals surface area contributed by atoms with Crippen LogP contribution in [0.15, 0.2) is 81.5 Å². The van der Waals surface area contributed by atoms with Gasteiger partial charge in [0.2, 0.25) is 5.95 Å². The highest BCUT2D eigenvalue weighted by Crippen LogP contribution is 2.31. The number of aryl methyl sites for hydroxylation is 1. The lowest BCUT2D eigenvalue weighted by Crippen LogP contribution is -2.29. The zero-order chi connectivity index (χ0) is 27.6. The normalized spacial score (nSPS) is 11.7. The fourth-order valence-corrected chi connectivity index (χ4v) is 5.34. The maximum atomic E-state index is 12.3. The van der Waals surface area contributed by atoms with Crippen LogP contribution in [0.25, 0.3) is 10.4 Å². The van der Waals surface area contributed by atoms with Crippen LogP contribution >= 0.6 is 11.3 Å². The molecule has 204 valence electrons. The zero-order valence-corrected chi connectivity index (χ0v) is 23.8. The van der Waals surface area contributed by atoms with Crippen LogP contribution in [0, 0.1) is 6.92 Å². The molecule has 0 bridgehead atoms. The van der Waals surface area contributed by atoms with Gasteiger partial charge < -0.3 is 20.3 Å². The minimum absolute atomic E-state index is 0.181. The summed E-state index contributed by atoms with van der Waals surface area (Å²) in [4.78, 5) is 24.6. The molecule has 2 heterocycles.